The quantitative estimate of drug-likeness (QED) is 0.857. The minimum absolute atomic E-state index is 0.0749. The van der Waals surface area contributed by atoms with Gasteiger partial charge in [-0.1, -0.05) is 36.8 Å². The molecular weight excluding hydrogens is 224 g/mol. The standard InChI is InChI=1S/C15H22N2O/c1-10-4-6-13(7-5-10)12(3)17-15(18)14-9-16-8-11(14)2/h4-7,11-12,14,16H,8-9H2,1-3H3,(H,17,18)/t11-,12-,14-/m1/s1. The summed E-state index contributed by atoms with van der Waals surface area (Å²) in [6.45, 7) is 7.97. The summed E-state index contributed by atoms with van der Waals surface area (Å²) in [5.74, 6) is 0.702. The monoisotopic (exact) mass is 246 g/mol. The van der Waals surface area contributed by atoms with E-state index in [9.17, 15) is 4.79 Å². The smallest absolute Gasteiger partial charge is 0.225 e. The molecule has 1 heterocycles. The van der Waals surface area contributed by atoms with Gasteiger partial charge < -0.3 is 10.6 Å². The predicted molar refractivity (Wildman–Crippen MR) is 73.3 cm³/mol. The zero-order valence-electron chi connectivity index (χ0n) is 11.4. The van der Waals surface area contributed by atoms with E-state index in [1.54, 1.807) is 0 Å². The minimum atomic E-state index is 0.0749. The van der Waals surface area contributed by atoms with Gasteiger partial charge in [0.1, 0.15) is 0 Å². The van der Waals surface area contributed by atoms with Gasteiger partial charge in [0.25, 0.3) is 0 Å². The van der Waals surface area contributed by atoms with Crippen LogP contribution in [0.1, 0.15) is 31.0 Å². The first-order valence-electron chi connectivity index (χ1n) is 6.65. The Morgan fingerprint density at radius 1 is 1.33 bits per heavy atom. The molecule has 1 fully saturated rings. The first kappa shape index (κ1) is 13.1. The number of nitrogens with one attached hydrogen (secondary N) is 2. The highest BCUT2D eigenvalue weighted by atomic mass is 16.2. The van der Waals surface area contributed by atoms with E-state index >= 15 is 0 Å². The molecule has 1 aliphatic rings. The van der Waals surface area contributed by atoms with Gasteiger partial charge in [-0.3, -0.25) is 4.79 Å². The van der Waals surface area contributed by atoms with Crippen molar-refractivity contribution in [1.29, 1.82) is 0 Å². The van der Waals surface area contributed by atoms with Crippen molar-refractivity contribution < 1.29 is 4.79 Å². The van der Waals surface area contributed by atoms with Crippen molar-refractivity contribution >= 4 is 5.91 Å². The molecule has 0 radical (unpaired) electrons. The number of carbonyl (C=O) groups excluding carboxylic acids is 1. The molecule has 2 rings (SSSR count). The van der Waals surface area contributed by atoms with E-state index in [2.05, 4.69) is 48.7 Å². The van der Waals surface area contributed by atoms with Gasteiger partial charge in [-0.05, 0) is 31.9 Å². The third kappa shape index (κ3) is 2.91. The van der Waals surface area contributed by atoms with Crippen LogP contribution in [0.3, 0.4) is 0 Å². The summed E-state index contributed by atoms with van der Waals surface area (Å²) in [7, 11) is 0. The molecule has 18 heavy (non-hydrogen) atoms. The average molecular weight is 246 g/mol. The van der Waals surface area contributed by atoms with E-state index < -0.39 is 0 Å². The second-order valence-electron chi connectivity index (χ2n) is 5.38. The van der Waals surface area contributed by atoms with Crippen LogP contribution in [0, 0.1) is 18.8 Å². The van der Waals surface area contributed by atoms with Crippen LogP contribution in [0.2, 0.25) is 0 Å². The van der Waals surface area contributed by atoms with Gasteiger partial charge in [0, 0.05) is 6.54 Å². The van der Waals surface area contributed by atoms with E-state index in [0.29, 0.717) is 5.92 Å². The maximum atomic E-state index is 12.2. The zero-order chi connectivity index (χ0) is 13.1. The van der Waals surface area contributed by atoms with Crippen molar-refractivity contribution in [3.05, 3.63) is 35.4 Å². The van der Waals surface area contributed by atoms with Crippen molar-refractivity contribution in [3.8, 4) is 0 Å². The van der Waals surface area contributed by atoms with Gasteiger partial charge in [-0.25, -0.2) is 0 Å². The Kier molecular flexibility index (Phi) is 4.02. The number of amides is 1. The molecule has 3 nitrogen and oxygen atoms in total. The molecule has 3 atom stereocenters. The fraction of sp³-hybridized carbons (Fsp3) is 0.533. The second-order valence-corrected chi connectivity index (χ2v) is 5.38. The lowest BCUT2D eigenvalue weighted by molar-refractivity contribution is -0.126. The Labute approximate surface area is 109 Å². The molecule has 0 aromatic heterocycles. The highest BCUT2D eigenvalue weighted by Crippen LogP contribution is 2.19. The Morgan fingerprint density at radius 3 is 2.56 bits per heavy atom. The maximum absolute atomic E-state index is 12.2. The van der Waals surface area contributed by atoms with E-state index in [0.717, 1.165) is 18.7 Å². The summed E-state index contributed by atoms with van der Waals surface area (Å²) in [4.78, 5) is 12.2. The number of aryl methyl sites for hydroxylation is 1. The topological polar surface area (TPSA) is 41.1 Å². The van der Waals surface area contributed by atoms with Gasteiger partial charge in [0.15, 0.2) is 0 Å². The normalized spacial score (nSPS) is 24.8. The lowest BCUT2D eigenvalue weighted by Gasteiger charge is -2.19. The summed E-state index contributed by atoms with van der Waals surface area (Å²) in [6, 6.07) is 8.40. The Hall–Kier alpha value is -1.35. The molecular formula is C15H22N2O. The molecule has 98 valence electrons. The van der Waals surface area contributed by atoms with Crippen LogP contribution in [0.15, 0.2) is 24.3 Å². The summed E-state index contributed by atoms with van der Waals surface area (Å²) >= 11 is 0. The molecule has 0 aliphatic carbocycles. The number of benzene rings is 1. The number of rotatable bonds is 3. The lowest BCUT2D eigenvalue weighted by atomic mass is 9.96. The largest absolute Gasteiger partial charge is 0.349 e. The first-order chi connectivity index (χ1) is 8.58. The van der Waals surface area contributed by atoms with Crippen molar-refractivity contribution in [2.24, 2.45) is 11.8 Å². The van der Waals surface area contributed by atoms with Crippen LogP contribution >= 0.6 is 0 Å². The average Bonchev–Trinajstić information content (AvgIpc) is 2.76. The third-order valence-electron chi connectivity index (χ3n) is 3.79. The fourth-order valence-corrected chi connectivity index (χ4v) is 2.42. The minimum Gasteiger partial charge on any atom is -0.349 e. The second kappa shape index (κ2) is 5.53. The molecule has 1 aromatic carbocycles. The van der Waals surface area contributed by atoms with Crippen molar-refractivity contribution in [3.63, 3.8) is 0 Å². The number of hydrogen-bond donors (Lipinski definition) is 2. The summed E-state index contributed by atoms with van der Waals surface area (Å²) in [5.41, 5.74) is 2.40. The van der Waals surface area contributed by atoms with E-state index in [-0.39, 0.29) is 17.9 Å². The molecule has 0 unspecified atom stereocenters. The summed E-state index contributed by atoms with van der Waals surface area (Å²) in [6.07, 6.45) is 0. The molecule has 1 aliphatic heterocycles. The molecule has 2 N–H and O–H groups in total. The molecule has 0 saturated carbocycles. The Bertz CT molecular complexity index is 413. The van der Waals surface area contributed by atoms with E-state index in [1.807, 2.05) is 6.92 Å². The van der Waals surface area contributed by atoms with Crippen LogP contribution < -0.4 is 10.6 Å². The number of hydrogen-bond acceptors (Lipinski definition) is 2. The van der Waals surface area contributed by atoms with Crippen molar-refractivity contribution in [2.75, 3.05) is 13.1 Å². The SMILES string of the molecule is Cc1ccc([C@@H](C)NC(=O)[C@@H]2CNC[C@H]2C)cc1. The van der Waals surface area contributed by atoms with Gasteiger partial charge in [0.05, 0.1) is 12.0 Å². The van der Waals surface area contributed by atoms with Crippen LogP contribution in [-0.2, 0) is 4.79 Å². The highest BCUT2D eigenvalue weighted by molar-refractivity contribution is 5.80. The van der Waals surface area contributed by atoms with E-state index in [1.165, 1.54) is 5.56 Å². The highest BCUT2D eigenvalue weighted by Gasteiger charge is 2.30. The van der Waals surface area contributed by atoms with Crippen LogP contribution in [0.25, 0.3) is 0 Å². The maximum Gasteiger partial charge on any atom is 0.225 e. The lowest BCUT2D eigenvalue weighted by Crippen LogP contribution is -2.35. The Morgan fingerprint density at radius 2 is 2.00 bits per heavy atom. The third-order valence-corrected chi connectivity index (χ3v) is 3.79. The van der Waals surface area contributed by atoms with E-state index in [4.69, 9.17) is 0 Å². The molecule has 1 saturated heterocycles. The van der Waals surface area contributed by atoms with Gasteiger partial charge in [0.2, 0.25) is 5.91 Å². The van der Waals surface area contributed by atoms with Gasteiger partial charge in [-0.15, -0.1) is 0 Å². The van der Waals surface area contributed by atoms with Gasteiger partial charge >= 0.3 is 0 Å². The van der Waals surface area contributed by atoms with Crippen molar-refractivity contribution in [2.45, 2.75) is 26.8 Å². The summed E-state index contributed by atoms with van der Waals surface area (Å²) in [5, 5.41) is 6.37. The Balaban J connectivity index is 1.96. The van der Waals surface area contributed by atoms with Crippen molar-refractivity contribution in [1.82, 2.24) is 10.6 Å². The summed E-state index contributed by atoms with van der Waals surface area (Å²) < 4.78 is 0. The van der Waals surface area contributed by atoms with Crippen LogP contribution in [-0.4, -0.2) is 19.0 Å². The molecule has 3 heteroatoms. The fourth-order valence-electron chi connectivity index (χ4n) is 2.42. The number of carbonyl (C=O) groups is 1. The van der Waals surface area contributed by atoms with Gasteiger partial charge in [-0.2, -0.15) is 0 Å². The molecule has 0 bridgehead atoms. The molecule has 1 amide bonds. The first-order valence-corrected chi connectivity index (χ1v) is 6.65. The molecule has 1 aromatic rings. The van der Waals surface area contributed by atoms with Crippen LogP contribution in [0.4, 0.5) is 0 Å². The van der Waals surface area contributed by atoms with Crippen LogP contribution in [0.5, 0.6) is 0 Å². The predicted octanol–water partition coefficient (Wildman–Crippen LogP) is 2.03. The molecule has 0 spiro atoms. The zero-order valence-corrected chi connectivity index (χ0v) is 11.4.